The van der Waals surface area contributed by atoms with Gasteiger partial charge in [-0.1, -0.05) is 24.3 Å². The van der Waals surface area contributed by atoms with Crippen molar-refractivity contribution in [3.05, 3.63) is 60.9 Å². The second kappa shape index (κ2) is 9.90. The summed E-state index contributed by atoms with van der Waals surface area (Å²) in [5, 5.41) is 12.8. The third-order valence-corrected chi connectivity index (χ3v) is 5.93. The number of β-amino-alcohol motifs (C(OH)–C–C–N with tert-alkyl or cyclic N) is 1. The van der Waals surface area contributed by atoms with Crippen LogP contribution in [0.2, 0.25) is 0 Å². The Morgan fingerprint density at radius 3 is 2.65 bits per heavy atom. The fourth-order valence-corrected chi connectivity index (χ4v) is 4.34. The average molecular weight is 420 g/mol. The Morgan fingerprint density at radius 2 is 1.90 bits per heavy atom. The van der Waals surface area contributed by atoms with Crippen molar-refractivity contribution in [3.8, 4) is 16.9 Å². The molecule has 1 unspecified atom stereocenters. The van der Waals surface area contributed by atoms with Gasteiger partial charge < -0.3 is 20.5 Å². The number of primary amides is 1. The van der Waals surface area contributed by atoms with Crippen molar-refractivity contribution in [2.75, 3.05) is 26.2 Å². The summed E-state index contributed by atoms with van der Waals surface area (Å²) < 4.78 is 6.00. The van der Waals surface area contributed by atoms with Crippen molar-refractivity contribution < 1.29 is 14.6 Å². The van der Waals surface area contributed by atoms with Gasteiger partial charge in [-0.25, -0.2) is 0 Å². The highest BCUT2D eigenvalue weighted by molar-refractivity contribution is 5.97. The first kappa shape index (κ1) is 21.3. The molecule has 0 saturated carbocycles. The SMILES string of the molecule is NC(=O)CC1CCN(CC(O)COc2cc(-c3ccncc3)c3ccccc3c2)CC1. The van der Waals surface area contributed by atoms with Gasteiger partial charge in [-0.2, -0.15) is 0 Å². The molecule has 6 nitrogen and oxygen atoms in total. The topological polar surface area (TPSA) is 88.7 Å². The van der Waals surface area contributed by atoms with E-state index in [2.05, 4.69) is 22.0 Å². The molecule has 1 atom stereocenters. The van der Waals surface area contributed by atoms with E-state index in [-0.39, 0.29) is 12.5 Å². The molecule has 0 aliphatic carbocycles. The Hall–Kier alpha value is -2.96. The number of amides is 1. The number of nitrogens with zero attached hydrogens (tertiary/aromatic N) is 2. The number of nitrogens with two attached hydrogens (primary N) is 1. The zero-order valence-electron chi connectivity index (χ0n) is 17.6. The van der Waals surface area contributed by atoms with Crippen LogP contribution >= 0.6 is 0 Å². The molecule has 1 aliphatic heterocycles. The minimum atomic E-state index is -0.580. The van der Waals surface area contributed by atoms with E-state index in [1.54, 1.807) is 12.4 Å². The molecule has 4 rings (SSSR count). The van der Waals surface area contributed by atoms with Crippen LogP contribution in [0.3, 0.4) is 0 Å². The van der Waals surface area contributed by atoms with Crippen LogP contribution in [0.5, 0.6) is 5.75 Å². The van der Waals surface area contributed by atoms with Gasteiger partial charge in [-0.15, -0.1) is 0 Å². The van der Waals surface area contributed by atoms with Crippen LogP contribution in [0, 0.1) is 5.92 Å². The number of pyridine rings is 1. The fraction of sp³-hybridized carbons (Fsp3) is 0.360. The first-order valence-corrected chi connectivity index (χ1v) is 10.8. The van der Waals surface area contributed by atoms with E-state index in [0.29, 0.717) is 18.9 Å². The lowest BCUT2D eigenvalue weighted by molar-refractivity contribution is -0.119. The Balaban J connectivity index is 1.38. The molecule has 0 radical (unpaired) electrons. The van der Waals surface area contributed by atoms with E-state index in [4.69, 9.17) is 10.5 Å². The van der Waals surface area contributed by atoms with Gasteiger partial charge in [0.1, 0.15) is 18.5 Å². The van der Waals surface area contributed by atoms with Crippen molar-refractivity contribution in [3.63, 3.8) is 0 Å². The lowest BCUT2D eigenvalue weighted by Gasteiger charge is -2.32. The predicted octanol–water partition coefficient (Wildman–Crippen LogP) is 3.23. The first-order valence-electron chi connectivity index (χ1n) is 10.8. The van der Waals surface area contributed by atoms with Gasteiger partial charge >= 0.3 is 0 Å². The van der Waals surface area contributed by atoms with Crippen molar-refractivity contribution in [2.45, 2.75) is 25.4 Å². The van der Waals surface area contributed by atoms with Crippen LogP contribution in [-0.4, -0.2) is 53.2 Å². The van der Waals surface area contributed by atoms with Crippen molar-refractivity contribution in [1.82, 2.24) is 9.88 Å². The maximum Gasteiger partial charge on any atom is 0.217 e. The Kier molecular flexibility index (Phi) is 6.79. The fourth-order valence-electron chi connectivity index (χ4n) is 4.34. The number of carbonyl (C=O) groups excluding carboxylic acids is 1. The largest absolute Gasteiger partial charge is 0.491 e. The number of hydrogen-bond donors (Lipinski definition) is 2. The van der Waals surface area contributed by atoms with Gasteiger partial charge in [0.05, 0.1) is 0 Å². The molecule has 0 bridgehead atoms. The molecule has 3 N–H and O–H groups in total. The van der Waals surface area contributed by atoms with Gasteiger partial charge in [-0.05, 0) is 78.0 Å². The van der Waals surface area contributed by atoms with Gasteiger partial charge in [0.25, 0.3) is 0 Å². The quantitative estimate of drug-likeness (QED) is 0.585. The number of aromatic nitrogens is 1. The summed E-state index contributed by atoms with van der Waals surface area (Å²) in [6.07, 6.45) is 5.33. The number of hydrogen-bond acceptors (Lipinski definition) is 5. The molecule has 1 aliphatic rings. The summed E-state index contributed by atoms with van der Waals surface area (Å²) in [7, 11) is 0. The standard InChI is InChI=1S/C25H29N3O3/c26-25(30)13-18-7-11-28(12-8-18)16-21(29)17-31-22-14-20-3-1-2-4-23(20)24(15-22)19-5-9-27-10-6-19/h1-6,9-10,14-15,18,21,29H,7-8,11-13,16-17H2,(H2,26,30). The Bertz CT molecular complexity index is 1020. The summed E-state index contributed by atoms with van der Waals surface area (Å²) in [4.78, 5) is 17.4. The molecule has 31 heavy (non-hydrogen) atoms. The summed E-state index contributed by atoms with van der Waals surface area (Å²) in [5.74, 6) is 0.879. The second-order valence-electron chi connectivity index (χ2n) is 8.31. The molecular weight excluding hydrogens is 390 g/mol. The number of piperidine rings is 1. The monoisotopic (exact) mass is 419 g/mol. The molecule has 162 valence electrons. The highest BCUT2D eigenvalue weighted by atomic mass is 16.5. The van der Waals surface area contributed by atoms with E-state index >= 15 is 0 Å². The molecule has 0 spiro atoms. The van der Waals surface area contributed by atoms with Crippen LogP contribution in [0.25, 0.3) is 21.9 Å². The van der Waals surface area contributed by atoms with Crippen LogP contribution in [0.15, 0.2) is 60.9 Å². The number of carbonyl (C=O) groups is 1. The third kappa shape index (κ3) is 5.60. The molecule has 1 aromatic heterocycles. The number of ether oxygens (including phenoxy) is 1. The molecule has 1 fully saturated rings. The van der Waals surface area contributed by atoms with Crippen molar-refractivity contribution in [1.29, 1.82) is 0 Å². The summed E-state index contributed by atoms with van der Waals surface area (Å²) in [5.41, 5.74) is 7.47. The van der Waals surface area contributed by atoms with Gasteiger partial charge in [-0.3, -0.25) is 9.78 Å². The minimum Gasteiger partial charge on any atom is -0.491 e. The second-order valence-corrected chi connectivity index (χ2v) is 8.31. The maximum absolute atomic E-state index is 11.1. The molecule has 2 heterocycles. The summed E-state index contributed by atoms with van der Waals surface area (Å²) in [6, 6.07) is 16.2. The number of likely N-dealkylation sites (tertiary alicyclic amines) is 1. The van der Waals surface area contributed by atoms with E-state index in [9.17, 15) is 9.90 Å². The Labute approximate surface area is 182 Å². The third-order valence-electron chi connectivity index (χ3n) is 5.93. The Morgan fingerprint density at radius 1 is 1.16 bits per heavy atom. The van der Waals surface area contributed by atoms with E-state index in [1.807, 2.05) is 36.4 Å². The van der Waals surface area contributed by atoms with E-state index in [0.717, 1.165) is 53.6 Å². The smallest absolute Gasteiger partial charge is 0.217 e. The lowest BCUT2D eigenvalue weighted by atomic mass is 9.93. The van der Waals surface area contributed by atoms with E-state index < -0.39 is 6.10 Å². The van der Waals surface area contributed by atoms with Crippen LogP contribution in [-0.2, 0) is 4.79 Å². The van der Waals surface area contributed by atoms with Crippen molar-refractivity contribution >= 4 is 16.7 Å². The molecule has 6 heteroatoms. The summed E-state index contributed by atoms with van der Waals surface area (Å²) in [6.45, 7) is 2.54. The maximum atomic E-state index is 11.1. The molecule has 2 aromatic carbocycles. The number of aliphatic hydroxyl groups is 1. The normalized spacial score (nSPS) is 16.3. The summed E-state index contributed by atoms with van der Waals surface area (Å²) >= 11 is 0. The number of fused-ring (bicyclic) bond motifs is 1. The molecular formula is C25H29N3O3. The minimum absolute atomic E-state index is 0.228. The van der Waals surface area contributed by atoms with E-state index in [1.165, 1.54) is 0 Å². The molecule has 1 amide bonds. The predicted molar refractivity (Wildman–Crippen MR) is 122 cm³/mol. The first-order chi connectivity index (χ1) is 15.1. The average Bonchev–Trinajstić information content (AvgIpc) is 2.79. The highest BCUT2D eigenvalue weighted by Gasteiger charge is 2.22. The number of aliphatic hydroxyl groups excluding tert-OH is 1. The van der Waals surface area contributed by atoms with Crippen LogP contribution in [0.4, 0.5) is 0 Å². The van der Waals surface area contributed by atoms with Crippen molar-refractivity contribution in [2.24, 2.45) is 11.7 Å². The van der Waals surface area contributed by atoms with Gasteiger partial charge in [0.2, 0.25) is 5.91 Å². The number of benzene rings is 2. The highest BCUT2D eigenvalue weighted by Crippen LogP contribution is 2.33. The zero-order valence-corrected chi connectivity index (χ0v) is 17.6. The van der Waals surface area contributed by atoms with Gasteiger partial charge in [0.15, 0.2) is 0 Å². The lowest BCUT2D eigenvalue weighted by Crippen LogP contribution is -2.41. The number of rotatable bonds is 8. The van der Waals surface area contributed by atoms with Crippen LogP contribution in [0.1, 0.15) is 19.3 Å². The van der Waals surface area contributed by atoms with Gasteiger partial charge in [0, 0.05) is 25.4 Å². The van der Waals surface area contributed by atoms with Crippen LogP contribution < -0.4 is 10.5 Å². The molecule has 1 saturated heterocycles. The molecule has 3 aromatic rings. The zero-order chi connectivity index (χ0) is 21.6.